The van der Waals surface area contributed by atoms with E-state index in [-0.39, 0.29) is 5.41 Å². The lowest BCUT2D eigenvalue weighted by molar-refractivity contribution is -0.0353. The fraction of sp³-hybridized carbons (Fsp3) is 0.435. The van der Waals surface area contributed by atoms with Crippen molar-refractivity contribution in [3.8, 4) is 0 Å². The van der Waals surface area contributed by atoms with E-state index >= 15 is 0 Å². The Kier molecular flexibility index (Phi) is 3.78. The molecule has 2 heteroatoms. The van der Waals surface area contributed by atoms with Crippen molar-refractivity contribution < 1.29 is 4.79 Å². The van der Waals surface area contributed by atoms with Gasteiger partial charge in [-0.25, -0.2) is 0 Å². The fourth-order valence-corrected chi connectivity index (χ4v) is 6.83. The molecule has 2 aromatic carbocycles. The molecule has 2 aromatic rings. The Labute approximate surface area is 154 Å². The molecule has 0 unspecified atom stereocenters. The van der Waals surface area contributed by atoms with Crippen molar-refractivity contribution in [2.45, 2.75) is 48.3 Å². The number of hydrogen-bond donors (Lipinski definition) is 0. The van der Waals surface area contributed by atoms with E-state index in [1.54, 1.807) is 11.8 Å². The molecule has 1 nitrogen and oxygen atoms in total. The number of carbonyl (C=O) groups excluding carboxylic acids is 1. The maximum atomic E-state index is 13.4. The Balaban J connectivity index is 1.36. The molecule has 0 heterocycles. The number of carbonyl (C=O) groups is 1. The Morgan fingerprint density at radius 3 is 1.84 bits per heavy atom. The third-order valence-electron chi connectivity index (χ3n) is 6.62. The standard InChI is InChI=1S/C23H24OS/c24-22(23-13-16-10-17(14-23)12-18(11-16)15-23)19-6-8-21(9-7-19)25-20-4-2-1-3-5-20/h1-9,16-18H,10-15H2. The van der Waals surface area contributed by atoms with Gasteiger partial charge in [0.2, 0.25) is 0 Å². The van der Waals surface area contributed by atoms with Crippen LogP contribution in [0.2, 0.25) is 0 Å². The predicted octanol–water partition coefficient (Wildman–Crippen LogP) is 6.24. The monoisotopic (exact) mass is 348 g/mol. The molecule has 0 saturated heterocycles. The molecule has 0 radical (unpaired) electrons. The van der Waals surface area contributed by atoms with Gasteiger partial charge in [0.15, 0.2) is 5.78 Å². The van der Waals surface area contributed by atoms with Crippen LogP contribution in [0, 0.1) is 23.2 Å². The predicted molar refractivity (Wildman–Crippen MR) is 102 cm³/mol. The summed E-state index contributed by atoms with van der Waals surface area (Å²) in [7, 11) is 0. The lowest BCUT2D eigenvalue weighted by Crippen LogP contribution is -2.50. The van der Waals surface area contributed by atoms with E-state index in [1.807, 2.05) is 6.07 Å². The van der Waals surface area contributed by atoms with E-state index in [2.05, 4.69) is 48.5 Å². The molecule has 0 N–H and O–H groups in total. The Hall–Kier alpha value is -1.54. The zero-order valence-corrected chi connectivity index (χ0v) is 15.3. The minimum absolute atomic E-state index is 0.0250. The molecule has 4 aliphatic carbocycles. The van der Waals surface area contributed by atoms with Crippen LogP contribution in [0.3, 0.4) is 0 Å². The summed E-state index contributed by atoms with van der Waals surface area (Å²) in [6, 6.07) is 18.8. The zero-order valence-electron chi connectivity index (χ0n) is 14.5. The molecule has 0 spiro atoms. The van der Waals surface area contributed by atoms with Gasteiger partial charge in [-0.2, -0.15) is 0 Å². The maximum absolute atomic E-state index is 13.4. The van der Waals surface area contributed by atoms with E-state index in [4.69, 9.17) is 0 Å². The van der Waals surface area contributed by atoms with Gasteiger partial charge in [0, 0.05) is 20.8 Å². The summed E-state index contributed by atoms with van der Waals surface area (Å²) in [6.07, 6.45) is 7.62. The second kappa shape index (κ2) is 6.02. The number of benzene rings is 2. The second-order valence-electron chi connectivity index (χ2n) is 8.47. The van der Waals surface area contributed by atoms with Crippen LogP contribution in [0.4, 0.5) is 0 Å². The van der Waals surface area contributed by atoms with Crippen LogP contribution >= 0.6 is 11.8 Å². The molecule has 0 amide bonds. The summed E-state index contributed by atoms with van der Waals surface area (Å²) < 4.78 is 0. The van der Waals surface area contributed by atoms with Crippen molar-refractivity contribution in [3.05, 3.63) is 60.2 Å². The van der Waals surface area contributed by atoms with Gasteiger partial charge in [0.05, 0.1) is 0 Å². The number of ketones is 1. The first-order valence-corrected chi connectivity index (χ1v) is 10.4. The summed E-state index contributed by atoms with van der Waals surface area (Å²) >= 11 is 1.76. The lowest BCUT2D eigenvalue weighted by atomic mass is 9.48. The van der Waals surface area contributed by atoms with Gasteiger partial charge < -0.3 is 0 Å². The summed E-state index contributed by atoms with van der Waals surface area (Å²) in [6.45, 7) is 0. The largest absolute Gasteiger partial charge is 0.294 e. The van der Waals surface area contributed by atoms with Crippen LogP contribution in [0.1, 0.15) is 48.9 Å². The van der Waals surface area contributed by atoms with Crippen LogP contribution in [0.15, 0.2) is 64.4 Å². The third kappa shape index (κ3) is 2.85. The van der Waals surface area contributed by atoms with E-state index in [0.717, 1.165) is 42.6 Å². The topological polar surface area (TPSA) is 17.1 Å². The highest BCUT2D eigenvalue weighted by atomic mass is 32.2. The van der Waals surface area contributed by atoms with Crippen molar-refractivity contribution in [2.24, 2.45) is 23.2 Å². The highest BCUT2D eigenvalue weighted by molar-refractivity contribution is 7.99. The van der Waals surface area contributed by atoms with Crippen LogP contribution in [-0.2, 0) is 0 Å². The van der Waals surface area contributed by atoms with Gasteiger partial charge in [-0.05, 0) is 80.5 Å². The quantitative estimate of drug-likeness (QED) is 0.609. The minimum Gasteiger partial charge on any atom is -0.294 e. The smallest absolute Gasteiger partial charge is 0.169 e. The molecule has 0 aliphatic heterocycles. The van der Waals surface area contributed by atoms with Crippen molar-refractivity contribution in [1.29, 1.82) is 0 Å². The highest BCUT2D eigenvalue weighted by Crippen LogP contribution is 2.60. The zero-order chi connectivity index (χ0) is 16.9. The van der Waals surface area contributed by atoms with E-state index < -0.39 is 0 Å². The summed E-state index contributed by atoms with van der Waals surface area (Å²) in [4.78, 5) is 15.8. The number of rotatable bonds is 4. The molecule has 4 saturated carbocycles. The van der Waals surface area contributed by atoms with Crippen molar-refractivity contribution in [2.75, 3.05) is 0 Å². The highest BCUT2D eigenvalue weighted by Gasteiger charge is 2.54. The SMILES string of the molecule is O=C(c1ccc(Sc2ccccc2)cc1)C12CC3CC(CC(C3)C1)C2. The van der Waals surface area contributed by atoms with Gasteiger partial charge in [-0.15, -0.1) is 0 Å². The summed E-state index contributed by atoms with van der Waals surface area (Å²) in [5.41, 5.74) is 0.905. The second-order valence-corrected chi connectivity index (χ2v) is 9.61. The molecule has 4 fully saturated rings. The molecule has 0 atom stereocenters. The first-order valence-electron chi connectivity index (χ1n) is 9.58. The summed E-state index contributed by atoms with van der Waals surface area (Å²) in [5.74, 6) is 2.90. The van der Waals surface area contributed by atoms with E-state index in [9.17, 15) is 4.79 Å². The molecule has 4 aliphatic rings. The van der Waals surface area contributed by atoms with Crippen molar-refractivity contribution >= 4 is 17.5 Å². The van der Waals surface area contributed by atoms with Crippen LogP contribution in [-0.4, -0.2) is 5.78 Å². The van der Waals surface area contributed by atoms with E-state index in [0.29, 0.717) is 5.78 Å². The molecule has 25 heavy (non-hydrogen) atoms. The van der Waals surface area contributed by atoms with Gasteiger partial charge in [0.1, 0.15) is 0 Å². The average Bonchev–Trinajstić information content (AvgIpc) is 2.61. The van der Waals surface area contributed by atoms with Crippen molar-refractivity contribution in [1.82, 2.24) is 0 Å². The maximum Gasteiger partial charge on any atom is 0.169 e. The molecule has 6 rings (SSSR count). The van der Waals surface area contributed by atoms with Crippen LogP contribution in [0.25, 0.3) is 0 Å². The number of Topliss-reactive ketones (excluding diaryl/α,β-unsaturated/α-hetero) is 1. The van der Waals surface area contributed by atoms with Gasteiger partial charge in [-0.1, -0.05) is 42.1 Å². The fourth-order valence-electron chi connectivity index (χ4n) is 5.99. The lowest BCUT2D eigenvalue weighted by Gasteiger charge is -2.56. The number of hydrogen-bond acceptors (Lipinski definition) is 2. The minimum atomic E-state index is -0.0250. The molecule has 0 aromatic heterocycles. The van der Waals surface area contributed by atoms with Gasteiger partial charge in [0.25, 0.3) is 0 Å². The van der Waals surface area contributed by atoms with E-state index in [1.165, 1.54) is 29.1 Å². The van der Waals surface area contributed by atoms with Crippen molar-refractivity contribution in [3.63, 3.8) is 0 Å². The van der Waals surface area contributed by atoms with Crippen LogP contribution in [0.5, 0.6) is 0 Å². The Bertz CT molecular complexity index is 742. The Morgan fingerprint density at radius 1 is 0.760 bits per heavy atom. The average molecular weight is 349 g/mol. The molecular formula is C23H24OS. The summed E-state index contributed by atoms with van der Waals surface area (Å²) in [5, 5.41) is 0. The molecule has 4 bridgehead atoms. The van der Waals surface area contributed by atoms with Gasteiger partial charge in [-0.3, -0.25) is 4.79 Å². The Morgan fingerprint density at radius 2 is 1.28 bits per heavy atom. The first-order chi connectivity index (χ1) is 12.2. The normalized spacial score (nSPS) is 32.7. The first kappa shape index (κ1) is 15.7. The molecular weight excluding hydrogens is 324 g/mol. The van der Waals surface area contributed by atoms with Crippen LogP contribution < -0.4 is 0 Å². The molecule has 128 valence electrons. The van der Waals surface area contributed by atoms with Gasteiger partial charge >= 0.3 is 0 Å². The third-order valence-corrected chi connectivity index (χ3v) is 7.63.